The number of nitrogens with one attached hydrogen (secondary N) is 1. The van der Waals surface area contributed by atoms with Crippen molar-refractivity contribution in [2.45, 2.75) is 97.9 Å². The number of aliphatic carboxylic acids is 1. The molecule has 0 amide bonds. The van der Waals surface area contributed by atoms with Gasteiger partial charge >= 0.3 is 5.97 Å². The van der Waals surface area contributed by atoms with Gasteiger partial charge in [0, 0.05) is 17.9 Å². The molecule has 9 atom stereocenters. The first-order valence-electron chi connectivity index (χ1n) is 14.5. The van der Waals surface area contributed by atoms with Crippen molar-refractivity contribution >= 4 is 5.97 Å². The zero-order chi connectivity index (χ0) is 24.6. The summed E-state index contributed by atoms with van der Waals surface area (Å²) >= 11 is 0. The Labute approximate surface area is 211 Å². The molecule has 0 radical (unpaired) electrons. The van der Waals surface area contributed by atoms with Crippen LogP contribution in [0.25, 0.3) is 0 Å². The third-order valence-electron chi connectivity index (χ3n) is 12.5. The zero-order valence-corrected chi connectivity index (χ0v) is 22.5. The van der Waals surface area contributed by atoms with Gasteiger partial charge in [0.1, 0.15) is 6.61 Å². The molecule has 6 rings (SSSR count). The number of ether oxygens (including phenoxy) is 2. The van der Waals surface area contributed by atoms with Gasteiger partial charge in [0.2, 0.25) is 0 Å². The Kier molecular flexibility index (Phi) is 5.70. The number of carboxylic acids is 1. The average Bonchev–Trinajstić information content (AvgIpc) is 3.31. The zero-order valence-electron chi connectivity index (χ0n) is 22.5. The molecule has 6 aliphatic rings. The van der Waals surface area contributed by atoms with Crippen LogP contribution in [0, 0.1) is 45.3 Å². The van der Waals surface area contributed by atoms with Gasteiger partial charge in [0.15, 0.2) is 0 Å². The highest BCUT2D eigenvalue weighted by molar-refractivity contribution is 5.72. The number of hydrogen-bond donors (Lipinski definition) is 2. The summed E-state index contributed by atoms with van der Waals surface area (Å²) in [5, 5.41) is 14.1. The third-order valence-corrected chi connectivity index (χ3v) is 12.5. The van der Waals surface area contributed by atoms with Crippen LogP contribution in [0.5, 0.6) is 0 Å². The largest absolute Gasteiger partial charge is 0.496 e. The molecule has 3 saturated carbocycles. The molecule has 5 fully saturated rings. The van der Waals surface area contributed by atoms with E-state index in [1.54, 1.807) is 5.57 Å². The topological polar surface area (TPSA) is 67.8 Å². The van der Waals surface area contributed by atoms with E-state index in [2.05, 4.69) is 33.0 Å². The lowest BCUT2D eigenvalue weighted by atomic mass is 9.36. The summed E-state index contributed by atoms with van der Waals surface area (Å²) in [4.78, 5) is 12.8. The minimum absolute atomic E-state index is 0.0125. The number of carboxylic acid groups (broad SMARTS) is 1. The minimum atomic E-state index is -0.607. The van der Waals surface area contributed by atoms with Crippen LogP contribution < -0.4 is 5.32 Å². The maximum absolute atomic E-state index is 12.8. The van der Waals surface area contributed by atoms with Gasteiger partial charge in [-0.05, 0) is 97.5 Å². The Hall–Kier alpha value is -1.07. The SMILES string of the molecule is CC1CCC2(C)C3CCC4C5(C)CCCC4(COC5)C3=C(OC[C@H]3CCCN3)CC2(C)C1C(=O)O. The van der Waals surface area contributed by atoms with E-state index in [9.17, 15) is 9.90 Å². The monoisotopic (exact) mass is 485 g/mol. The Morgan fingerprint density at radius 2 is 1.89 bits per heavy atom. The van der Waals surface area contributed by atoms with E-state index in [-0.39, 0.29) is 33.5 Å². The van der Waals surface area contributed by atoms with Gasteiger partial charge in [-0.1, -0.05) is 34.1 Å². The molecule has 2 bridgehead atoms. The molecule has 2 aliphatic heterocycles. The van der Waals surface area contributed by atoms with Gasteiger partial charge in [-0.2, -0.15) is 0 Å². The molecular weight excluding hydrogens is 438 g/mol. The molecule has 0 spiro atoms. The van der Waals surface area contributed by atoms with Gasteiger partial charge < -0.3 is 19.9 Å². The van der Waals surface area contributed by atoms with Crippen molar-refractivity contribution in [3.05, 3.63) is 11.3 Å². The molecule has 196 valence electrons. The van der Waals surface area contributed by atoms with Crippen LogP contribution in [0.1, 0.15) is 91.9 Å². The standard InChI is InChI=1S/C30H47NO4/c1-19-10-13-28(3)21-8-9-23-27(2)11-6-12-30(23,18-34-17-27)25(21)22(35-16-20-7-5-14-31-20)15-29(28,4)24(19)26(32)33/h19-21,23-24,31H,5-18H2,1-4H3,(H,32,33)/t19?,20-,21?,23?,24?,27?,28?,29?,30?/m1/s1. The summed E-state index contributed by atoms with van der Waals surface area (Å²) in [6, 6.07) is 0.416. The van der Waals surface area contributed by atoms with Crippen molar-refractivity contribution < 1.29 is 19.4 Å². The summed E-state index contributed by atoms with van der Waals surface area (Å²) in [6.07, 6.45) is 11.5. The molecule has 4 aliphatic carbocycles. The Balaban J connectivity index is 1.49. The lowest BCUT2D eigenvalue weighted by Gasteiger charge is -2.69. The van der Waals surface area contributed by atoms with Crippen molar-refractivity contribution in [1.82, 2.24) is 5.32 Å². The van der Waals surface area contributed by atoms with Gasteiger partial charge in [-0.15, -0.1) is 0 Å². The van der Waals surface area contributed by atoms with E-state index in [0.29, 0.717) is 24.5 Å². The summed E-state index contributed by atoms with van der Waals surface area (Å²) in [7, 11) is 0. The van der Waals surface area contributed by atoms with Crippen LogP contribution in [0.2, 0.25) is 0 Å². The molecule has 2 heterocycles. The lowest BCUT2D eigenvalue weighted by molar-refractivity contribution is -0.198. The third kappa shape index (κ3) is 3.28. The lowest BCUT2D eigenvalue weighted by Crippen LogP contribution is -2.64. The number of allylic oxidation sites excluding steroid dienone is 1. The Bertz CT molecular complexity index is 896. The second-order valence-electron chi connectivity index (χ2n) is 14.1. The van der Waals surface area contributed by atoms with Crippen LogP contribution in [-0.4, -0.2) is 43.5 Å². The van der Waals surface area contributed by atoms with Crippen LogP contribution in [0.3, 0.4) is 0 Å². The van der Waals surface area contributed by atoms with Crippen LogP contribution in [0.4, 0.5) is 0 Å². The maximum Gasteiger partial charge on any atom is 0.307 e. The number of carbonyl (C=O) groups is 1. The van der Waals surface area contributed by atoms with Crippen LogP contribution in [-0.2, 0) is 14.3 Å². The molecular formula is C30H47NO4. The smallest absolute Gasteiger partial charge is 0.307 e. The fourth-order valence-corrected chi connectivity index (χ4v) is 10.6. The molecule has 0 aromatic carbocycles. The average molecular weight is 486 g/mol. The van der Waals surface area contributed by atoms with Gasteiger partial charge in [-0.25, -0.2) is 0 Å². The highest BCUT2D eigenvalue weighted by Crippen LogP contribution is 2.73. The van der Waals surface area contributed by atoms with E-state index in [4.69, 9.17) is 9.47 Å². The summed E-state index contributed by atoms with van der Waals surface area (Å²) in [5.74, 6) is 1.52. The van der Waals surface area contributed by atoms with Crippen LogP contribution >= 0.6 is 0 Å². The molecule has 35 heavy (non-hydrogen) atoms. The molecule has 8 unspecified atom stereocenters. The fraction of sp³-hybridized carbons (Fsp3) is 0.900. The van der Waals surface area contributed by atoms with Crippen molar-refractivity contribution in [1.29, 1.82) is 0 Å². The van der Waals surface area contributed by atoms with E-state index in [1.807, 2.05) is 0 Å². The molecule has 2 saturated heterocycles. The van der Waals surface area contributed by atoms with Crippen molar-refractivity contribution in [3.8, 4) is 0 Å². The number of rotatable bonds is 4. The van der Waals surface area contributed by atoms with Crippen LogP contribution in [0.15, 0.2) is 11.3 Å². The molecule has 5 nitrogen and oxygen atoms in total. The van der Waals surface area contributed by atoms with Gasteiger partial charge in [0.05, 0.1) is 24.9 Å². The number of hydrogen-bond acceptors (Lipinski definition) is 4. The first-order chi connectivity index (χ1) is 16.6. The van der Waals surface area contributed by atoms with Gasteiger partial charge in [-0.3, -0.25) is 4.79 Å². The van der Waals surface area contributed by atoms with E-state index in [1.165, 1.54) is 50.7 Å². The normalized spacial score (nSPS) is 51.3. The molecule has 2 N–H and O–H groups in total. The summed E-state index contributed by atoms with van der Waals surface area (Å²) < 4.78 is 13.3. The molecule has 0 aromatic rings. The predicted octanol–water partition coefficient (Wildman–Crippen LogP) is 5.79. The quantitative estimate of drug-likeness (QED) is 0.528. The van der Waals surface area contributed by atoms with Crippen molar-refractivity contribution in [3.63, 3.8) is 0 Å². The van der Waals surface area contributed by atoms with Gasteiger partial charge in [0.25, 0.3) is 0 Å². The Morgan fingerprint density at radius 3 is 2.63 bits per heavy atom. The van der Waals surface area contributed by atoms with E-state index in [0.717, 1.165) is 39.0 Å². The minimum Gasteiger partial charge on any atom is -0.496 e. The van der Waals surface area contributed by atoms with Crippen molar-refractivity contribution in [2.75, 3.05) is 26.4 Å². The highest BCUT2D eigenvalue weighted by Gasteiger charge is 2.68. The van der Waals surface area contributed by atoms with E-state index >= 15 is 0 Å². The second-order valence-corrected chi connectivity index (χ2v) is 14.1. The highest BCUT2D eigenvalue weighted by atomic mass is 16.5. The predicted molar refractivity (Wildman–Crippen MR) is 136 cm³/mol. The van der Waals surface area contributed by atoms with Crippen molar-refractivity contribution in [2.24, 2.45) is 45.3 Å². The molecule has 0 aromatic heterocycles. The first-order valence-corrected chi connectivity index (χ1v) is 14.5. The first kappa shape index (κ1) is 24.3. The number of fused-ring (bicyclic) bond motifs is 3. The van der Waals surface area contributed by atoms with E-state index < -0.39 is 5.97 Å². The summed E-state index contributed by atoms with van der Waals surface area (Å²) in [5.41, 5.74) is 1.62. The fourth-order valence-electron chi connectivity index (χ4n) is 10.6. The molecule has 5 heteroatoms. The maximum atomic E-state index is 12.8. The Morgan fingerprint density at radius 1 is 1.06 bits per heavy atom. The summed E-state index contributed by atoms with van der Waals surface area (Å²) in [6.45, 7) is 12.9. The second kappa shape index (κ2) is 8.21.